The summed E-state index contributed by atoms with van der Waals surface area (Å²) in [7, 11) is -3.63. The van der Waals surface area contributed by atoms with Crippen LogP contribution in [0.5, 0.6) is 0 Å². The van der Waals surface area contributed by atoms with E-state index >= 15 is 0 Å². The van der Waals surface area contributed by atoms with Gasteiger partial charge in [0.15, 0.2) is 0 Å². The number of carbonyl (C=O) groups is 1. The molecular formula is C25H26N2O3S. The number of rotatable bonds is 5. The number of benzene rings is 3. The van der Waals surface area contributed by atoms with Crippen molar-refractivity contribution in [1.82, 2.24) is 4.31 Å². The van der Waals surface area contributed by atoms with Gasteiger partial charge in [-0.3, -0.25) is 4.79 Å². The van der Waals surface area contributed by atoms with Crippen LogP contribution in [0.3, 0.4) is 0 Å². The lowest BCUT2D eigenvalue weighted by molar-refractivity contribution is 0.0994. The standard InChI is InChI=1S/C25H26N2O3S/c1-2-27-22-11-12-23(20-9-6-10-21(24(20)22)25(27)28)31(29,30)26-15-13-19(14-16-26)17-18-7-4-3-5-8-18/h3-12,19H,2,13-17H2,1H3. The maximum Gasteiger partial charge on any atom is 0.258 e. The van der Waals surface area contributed by atoms with Crippen molar-refractivity contribution in [1.29, 1.82) is 0 Å². The summed E-state index contributed by atoms with van der Waals surface area (Å²) in [5.74, 6) is 0.441. The van der Waals surface area contributed by atoms with Gasteiger partial charge in [-0.1, -0.05) is 42.5 Å². The van der Waals surface area contributed by atoms with Gasteiger partial charge in [-0.05, 0) is 55.9 Å². The van der Waals surface area contributed by atoms with Gasteiger partial charge in [0.1, 0.15) is 0 Å². The van der Waals surface area contributed by atoms with Gasteiger partial charge < -0.3 is 4.90 Å². The zero-order chi connectivity index (χ0) is 21.6. The second-order valence-corrected chi connectivity index (χ2v) is 10.3. The number of anilines is 1. The van der Waals surface area contributed by atoms with Crippen molar-refractivity contribution in [2.75, 3.05) is 24.5 Å². The average Bonchev–Trinajstić information content (AvgIpc) is 3.07. The molecule has 2 heterocycles. The topological polar surface area (TPSA) is 57.7 Å². The van der Waals surface area contributed by atoms with Crippen molar-refractivity contribution >= 4 is 32.4 Å². The molecule has 2 aliphatic rings. The Kier molecular flexibility index (Phi) is 5.07. The lowest BCUT2D eigenvalue weighted by atomic mass is 9.91. The fraction of sp³-hybridized carbons (Fsp3) is 0.320. The number of hydrogen-bond acceptors (Lipinski definition) is 3. The van der Waals surface area contributed by atoms with Crippen molar-refractivity contribution < 1.29 is 13.2 Å². The summed E-state index contributed by atoms with van der Waals surface area (Å²) in [6.07, 6.45) is 2.71. The van der Waals surface area contributed by atoms with E-state index in [1.54, 1.807) is 33.5 Å². The van der Waals surface area contributed by atoms with Crippen LogP contribution >= 0.6 is 0 Å². The smallest absolute Gasteiger partial charge is 0.258 e. The minimum atomic E-state index is -3.63. The maximum atomic E-state index is 13.6. The van der Waals surface area contributed by atoms with Gasteiger partial charge in [-0.25, -0.2) is 8.42 Å². The van der Waals surface area contributed by atoms with E-state index in [9.17, 15) is 13.2 Å². The molecule has 5 rings (SSSR count). The normalized spacial score (nSPS) is 17.6. The molecule has 6 heteroatoms. The van der Waals surface area contributed by atoms with Crippen LogP contribution in [-0.2, 0) is 16.4 Å². The van der Waals surface area contributed by atoms with Crippen LogP contribution < -0.4 is 4.90 Å². The molecule has 0 radical (unpaired) electrons. The van der Waals surface area contributed by atoms with Gasteiger partial charge in [0.25, 0.3) is 5.91 Å². The Morgan fingerprint density at radius 1 is 0.935 bits per heavy atom. The molecule has 0 N–H and O–H groups in total. The van der Waals surface area contributed by atoms with E-state index in [-0.39, 0.29) is 5.91 Å². The minimum absolute atomic E-state index is 0.0561. The van der Waals surface area contributed by atoms with Crippen molar-refractivity contribution in [2.24, 2.45) is 5.92 Å². The van der Waals surface area contributed by atoms with E-state index in [4.69, 9.17) is 0 Å². The van der Waals surface area contributed by atoms with Crippen molar-refractivity contribution in [3.05, 3.63) is 71.8 Å². The lowest BCUT2D eigenvalue weighted by Crippen LogP contribution is -2.39. The van der Waals surface area contributed by atoms with Crippen LogP contribution in [0.1, 0.15) is 35.7 Å². The predicted molar refractivity (Wildman–Crippen MR) is 123 cm³/mol. The monoisotopic (exact) mass is 434 g/mol. The van der Waals surface area contributed by atoms with Crippen LogP contribution in [-0.4, -0.2) is 38.3 Å². The SMILES string of the molecule is CCN1C(=O)c2cccc3c(S(=O)(=O)N4CCC(Cc5ccccc5)CC4)ccc1c23. The molecule has 0 aliphatic carbocycles. The Morgan fingerprint density at radius 2 is 1.68 bits per heavy atom. The number of amides is 1. The van der Waals surface area contributed by atoms with E-state index in [1.807, 2.05) is 19.1 Å². The largest absolute Gasteiger partial charge is 0.308 e. The van der Waals surface area contributed by atoms with Gasteiger partial charge in [-0.2, -0.15) is 4.31 Å². The average molecular weight is 435 g/mol. The third kappa shape index (κ3) is 3.34. The first-order chi connectivity index (χ1) is 15.0. The van der Waals surface area contributed by atoms with E-state index in [1.165, 1.54) is 5.56 Å². The first-order valence-electron chi connectivity index (χ1n) is 10.9. The second-order valence-electron chi connectivity index (χ2n) is 8.40. The first kappa shape index (κ1) is 20.2. The van der Waals surface area contributed by atoms with Crippen LogP contribution in [0, 0.1) is 5.92 Å². The zero-order valence-electron chi connectivity index (χ0n) is 17.6. The molecule has 1 amide bonds. The molecule has 5 nitrogen and oxygen atoms in total. The molecule has 3 aromatic carbocycles. The van der Waals surface area contributed by atoms with Crippen LogP contribution in [0.2, 0.25) is 0 Å². The molecule has 2 aliphatic heterocycles. The molecule has 1 fully saturated rings. The van der Waals surface area contributed by atoms with E-state index in [0.29, 0.717) is 41.4 Å². The molecule has 0 unspecified atom stereocenters. The third-order valence-electron chi connectivity index (χ3n) is 6.62. The molecular weight excluding hydrogens is 408 g/mol. The number of sulfonamides is 1. The fourth-order valence-electron chi connectivity index (χ4n) is 5.00. The fourth-order valence-corrected chi connectivity index (χ4v) is 6.66. The quantitative estimate of drug-likeness (QED) is 0.596. The van der Waals surface area contributed by atoms with Gasteiger partial charge in [0.05, 0.1) is 10.6 Å². The Labute approximate surface area is 183 Å². The molecule has 1 saturated heterocycles. The highest BCUT2D eigenvalue weighted by atomic mass is 32.2. The highest BCUT2D eigenvalue weighted by molar-refractivity contribution is 7.89. The molecule has 160 valence electrons. The summed E-state index contributed by atoms with van der Waals surface area (Å²) in [6, 6.07) is 19.2. The lowest BCUT2D eigenvalue weighted by Gasteiger charge is -2.31. The third-order valence-corrected chi connectivity index (χ3v) is 8.58. The number of hydrogen-bond donors (Lipinski definition) is 0. The Hall–Kier alpha value is -2.70. The summed E-state index contributed by atoms with van der Waals surface area (Å²) in [6.45, 7) is 3.55. The summed E-state index contributed by atoms with van der Waals surface area (Å²) in [5.41, 5.74) is 2.70. The Balaban J connectivity index is 1.42. The predicted octanol–water partition coefficient (Wildman–Crippen LogP) is 4.46. The van der Waals surface area contributed by atoms with Gasteiger partial charge in [-0.15, -0.1) is 0 Å². The zero-order valence-corrected chi connectivity index (χ0v) is 18.4. The molecule has 0 atom stereocenters. The molecule has 31 heavy (non-hydrogen) atoms. The number of piperidine rings is 1. The highest BCUT2D eigenvalue weighted by Gasteiger charge is 2.34. The summed E-state index contributed by atoms with van der Waals surface area (Å²) in [5, 5.41) is 1.40. The maximum absolute atomic E-state index is 13.6. The van der Waals surface area contributed by atoms with Crippen molar-refractivity contribution in [3.63, 3.8) is 0 Å². The van der Waals surface area contributed by atoms with E-state index in [2.05, 4.69) is 24.3 Å². The molecule has 0 bridgehead atoms. The Bertz CT molecular complexity index is 1250. The van der Waals surface area contributed by atoms with Gasteiger partial charge in [0, 0.05) is 36.0 Å². The number of nitrogens with zero attached hydrogens (tertiary/aromatic N) is 2. The first-order valence-corrected chi connectivity index (χ1v) is 12.4. The Morgan fingerprint density at radius 3 is 2.39 bits per heavy atom. The van der Waals surface area contributed by atoms with Crippen molar-refractivity contribution in [2.45, 2.75) is 31.1 Å². The van der Waals surface area contributed by atoms with Gasteiger partial charge >= 0.3 is 0 Å². The van der Waals surface area contributed by atoms with Crippen LogP contribution in [0.15, 0.2) is 65.6 Å². The highest BCUT2D eigenvalue weighted by Crippen LogP contribution is 2.41. The molecule has 0 aromatic heterocycles. The van der Waals surface area contributed by atoms with Crippen LogP contribution in [0.25, 0.3) is 10.8 Å². The molecule has 3 aromatic rings. The molecule has 0 spiro atoms. The second kappa shape index (κ2) is 7.77. The van der Waals surface area contributed by atoms with E-state index < -0.39 is 10.0 Å². The van der Waals surface area contributed by atoms with Crippen molar-refractivity contribution in [3.8, 4) is 0 Å². The summed E-state index contributed by atoms with van der Waals surface area (Å²) in [4.78, 5) is 14.7. The number of carbonyl (C=O) groups excluding carboxylic acids is 1. The molecule has 0 saturated carbocycles. The summed E-state index contributed by atoms with van der Waals surface area (Å²) >= 11 is 0. The minimum Gasteiger partial charge on any atom is -0.308 e. The van der Waals surface area contributed by atoms with Gasteiger partial charge in [0.2, 0.25) is 10.0 Å². The van der Waals surface area contributed by atoms with E-state index in [0.717, 1.165) is 30.3 Å². The van der Waals surface area contributed by atoms with Crippen LogP contribution in [0.4, 0.5) is 5.69 Å². The summed E-state index contributed by atoms with van der Waals surface area (Å²) < 4.78 is 28.8.